The quantitative estimate of drug-likeness (QED) is 0.488. The second-order valence-electron chi connectivity index (χ2n) is 6.45. The van der Waals surface area contributed by atoms with E-state index in [0.717, 1.165) is 33.5 Å². The number of fused-ring (bicyclic) bond motifs is 1. The Kier molecular flexibility index (Phi) is 4.13. The summed E-state index contributed by atoms with van der Waals surface area (Å²) in [5, 5.41) is 1.02. The lowest BCUT2D eigenvalue weighted by Gasteiger charge is -2.14. The van der Waals surface area contributed by atoms with E-state index in [2.05, 4.69) is 67.4 Å². The maximum atomic E-state index is 5.68. The molecule has 0 fully saturated rings. The van der Waals surface area contributed by atoms with Crippen molar-refractivity contribution in [3.8, 4) is 28.1 Å². The number of rotatable bonds is 3. The molecule has 0 amide bonds. The lowest BCUT2D eigenvalue weighted by molar-refractivity contribution is 0.412. The molecule has 3 heteroatoms. The zero-order chi connectivity index (χ0) is 18.1. The molecule has 3 nitrogen and oxygen atoms in total. The second kappa shape index (κ2) is 6.60. The lowest BCUT2D eigenvalue weighted by Crippen LogP contribution is -1.97. The molecule has 0 aliphatic rings. The third-order valence-electron chi connectivity index (χ3n) is 4.74. The number of aryl methyl sites for hydroxylation is 2. The van der Waals surface area contributed by atoms with E-state index in [4.69, 9.17) is 9.72 Å². The molecule has 0 bridgehead atoms. The molecule has 2 aromatic carbocycles. The molecule has 0 atom stereocenters. The molecular formula is C23H20N2O. The summed E-state index contributed by atoms with van der Waals surface area (Å²) >= 11 is 0. The standard InChI is InChI=1S/C23H20N2O/c1-15-4-6-17(7-5-15)18-8-10-19(11-9-18)22-23(26-3)16(2)20-14-24-13-12-21(20)25-22/h4-14H,1-3H3. The van der Waals surface area contributed by atoms with Gasteiger partial charge in [-0.1, -0.05) is 54.1 Å². The maximum absolute atomic E-state index is 5.68. The first-order chi connectivity index (χ1) is 12.7. The normalized spacial score (nSPS) is 10.9. The summed E-state index contributed by atoms with van der Waals surface area (Å²) in [6, 6.07) is 19.0. The number of benzene rings is 2. The van der Waals surface area contributed by atoms with Gasteiger partial charge < -0.3 is 4.74 Å². The van der Waals surface area contributed by atoms with Gasteiger partial charge in [0.25, 0.3) is 0 Å². The molecule has 0 radical (unpaired) electrons. The zero-order valence-corrected chi connectivity index (χ0v) is 15.2. The van der Waals surface area contributed by atoms with E-state index >= 15 is 0 Å². The van der Waals surface area contributed by atoms with Crippen molar-refractivity contribution in [1.29, 1.82) is 0 Å². The molecule has 2 heterocycles. The largest absolute Gasteiger partial charge is 0.494 e. The van der Waals surface area contributed by atoms with Crippen molar-refractivity contribution in [2.45, 2.75) is 13.8 Å². The fraction of sp³-hybridized carbons (Fsp3) is 0.130. The van der Waals surface area contributed by atoms with E-state index in [9.17, 15) is 0 Å². The average molecular weight is 340 g/mol. The first-order valence-electron chi connectivity index (χ1n) is 8.63. The van der Waals surface area contributed by atoms with Gasteiger partial charge in [-0.3, -0.25) is 4.98 Å². The highest BCUT2D eigenvalue weighted by molar-refractivity contribution is 5.88. The molecule has 0 unspecified atom stereocenters. The van der Waals surface area contributed by atoms with Crippen molar-refractivity contribution in [3.63, 3.8) is 0 Å². The molecule has 26 heavy (non-hydrogen) atoms. The van der Waals surface area contributed by atoms with Crippen LogP contribution in [0.25, 0.3) is 33.3 Å². The van der Waals surface area contributed by atoms with Crippen LogP contribution in [-0.2, 0) is 0 Å². The SMILES string of the molecule is COc1c(-c2ccc(-c3ccc(C)cc3)cc2)nc2ccncc2c1C. The molecule has 4 rings (SSSR count). The summed E-state index contributed by atoms with van der Waals surface area (Å²) in [4.78, 5) is 9.03. The van der Waals surface area contributed by atoms with Gasteiger partial charge in [0, 0.05) is 28.9 Å². The van der Waals surface area contributed by atoms with Gasteiger partial charge in [0.2, 0.25) is 0 Å². The fourth-order valence-electron chi connectivity index (χ4n) is 3.26. The molecule has 2 aromatic heterocycles. The summed E-state index contributed by atoms with van der Waals surface area (Å²) in [6.07, 6.45) is 3.61. The highest BCUT2D eigenvalue weighted by atomic mass is 16.5. The third kappa shape index (κ3) is 2.82. The molecule has 0 aliphatic heterocycles. The maximum Gasteiger partial charge on any atom is 0.148 e. The number of ether oxygens (including phenoxy) is 1. The van der Waals surface area contributed by atoms with Crippen LogP contribution in [0.1, 0.15) is 11.1 Å². The number of hydrogen-bond acceptors (Lipinski definition) is 3. The van der Waals surface area contributed by atoms with E-state index in [1.54, 1.807) is 13.3 Å². The Morgan fingerprint density at radius 3 is 2.04 bits per heavy atom. The Balaban J connectivity index is 1.81. The van der Waals surface area contributed by atoms with Crippen LogP contribution in [-0.4, -0.2) is 17.1 Å². The Morgan fingerprint density at radius 2 is 1.38 bits per heavy atom. The molecular weight excluding hydrogens is 320 g/mol. The van der Waals surface area contributed by atoms with Crippen LogP contribution in [0.2, 0.25) is 0 Å². The smallest absolute Gasteiger partial charge is 0.148 e. The highest BCUT2D eigenvalue weighted by Gasteiger charge is 2.14. The molecule has 128 valence electrons. The lowest BCUT2D eigenvalue weighted by atomic mass is 10.00. The van der Waals surface area contributed by atoms with Crippen LogP contribution in [0.4, 0.5) is 0 Å². The minimum absolute atomic E-state index is 0.800. The first kappa shape index (κ1) is 16.3. The van der Waals surface area contributed by atoms with Gasteiger partial charge in [0.1, 0.15) is 11.4 Å². The number of pyridine rings is 2. The van der Waals surface area contributed by atoms with Crippen LogP contribution in [0.5, 0.6) is 5.75 Å². The number of nitrogens with zero attached hydrogens (tertiary/aromatic N) is 2. The van der Waals surface area contributed by atoms with Crippen molar-refractivity contribution in [2.24, 2.45) is 0 Å². The second-order valence-corrected chi connectivity index (χ2v) is 6.45. The number of methoxy groups -OCH3 is 1. The van der Waals surface area contributed by atoms with E-state index < -0.39 is 0 Å². The van der Waals surface area contributed by atoms with Crippen LogP contribution < -0.4 is 4.74 Å². The minimum atomic E-state index is 0.800. The molecule has 0 spiro atoms. The van der Waals surface area contributed by atoms with E-state index in [0.29, 0.717) is 0 Å². The topological polar surface area (TPSA) is 35.0 Å². The summed E-state index contributed by atoms with van der Waals surface area (Å²) in [6.45, 7) is 4.15. The molecule has 0 aliphatic carbocycles. The summed E-state index contributed by atoms with van der Waals surface area (Å²) in [5.74, 6) is 0.800. The molecule has 0 N–H and O–H groups in total. The molecule has 0 saturated heterocycles. The summed E-state index contributed by atoms with van der Waals surface area (Å²) < 4.78 is 5.68. The summed E-state index contributed by atoms with van der Waals surface area (Å²) in [7, 11) is 1.69. The van der Waals surface area contributed by atoms with Crippen LogP contribution >= 0.6 is 0 Å². The predicted molar refractivity (Wildman–Crippen MR) is 106 cm³/mol. The van der Waals surface area contributed by atoms with Gasteiger partial charge in [-0.05, 0) is 31.0 Å². The Bertz CT molecular complexity index is 1070. The Hall–Kier alpha value is -3.20. The van der Waals surface area contributed by atoms with Crippen LogP contribution in [0.3, 0.4) is 0 Å². The molecule has 4 aromatic rings. The monoisotopic (exact) mass is 340 g/mol. The zero-order valence-electron chi connectivity index (χ0n) is 15.2. The van der Waals surface area contributed by atoms with Gasteiger partial charge in [-0.25, -0.2) is 4.98 Å². The van der Waals surface area contributed by atoms with Gasteiger partial charge in [-0.2, -0.15) is 0 Å². The predicted octanol–water partition coefficient (Wildman–Crippen LogP) is 5.59. The van der Waals surface area contributed by atoms with Crippen LogP contribution in [0.15, 0.2) is 67.0 Å². The van der Waals surface area contributed by atoms with E-state index in [-0.39, 0.29) is 0 Å². The van der Waals surface area contributed by atoms with E-state index in [1.165, 1.54) is 16.7 Å². The van der Waals surface area contributed by atoms with Crippen molar-refractivity contribution in [3.05, 3.63) is 78.1 Å². The minimum Gasteiger partial charge on any atom is -0.494 e. The van der Waals surface area contributed by atoms with Crippen molar-refractivity contribution in [1.82, 2.24) is 9.97 Å². The van der Waals surface area contributed by atoms with Gasteiger partial charge in [0.15, 0.2) is 0 Å². The van der Waals surface area contributed by atoms with Crippen molar-refractivity contribution in [2.75, 3.05) is 7.11 Å². The van der Waals surface area contributed by atoms with Crippen molar-refractivity contribution >= 4 is 10.9 Å². The molecule has 0 saturated carbocycles. The number of aromatic nitrogens is 2. The van der Waals surface area contributed by atoms with Gasteiger partial charge in [-0.15, -0.1) is 0 Å². The summed E-state index contributed by atoms with van der Waals surface area (Å²) in [5.41, 5.74) is 7.55. The highest BCUT2D eigenvalue weighted by Crippen LogP contribution is 2.36. The van der Waals surface area contributed by atoms with Crippen LogP contribution in [0, 0.1) is 13.8 Å². The van der Waals surface area contributed by atoms with Gasteiger partial charge >= 0.3 is 0 Å². The van der Waals surface area contributed by atoms with E-state index in [1.807, 2.05) is 12.3 Å². The number of hydrogen-bond donors (Lipinski definition) is 0. The van der Waals surface area contributed by atoms with Gasteiger partial charge in [0.05, 0.1) is 12.6 Å². The van der Waals surface area contributed by atoms with Crippen molar-refractivity contribution < 1.29 is 4.74 Å². The third-order valence-corrected chi connectivity index (χ3v) is 4.74. The average Bonchev–Trinajstić information content (AvgIpc) is 2.69. The fourth-order valence-corrected chi connectivity index (χ4v) is 3.26. The Labute approximate surface area is 153 Å². The Morgan fingerprint density at radius 1 is 0.769 bits per heavy atom. The first-order valence-corrected chi connectivity index (χ1v) is 8.63.